The number of carbonyl (C=O) groups is 2. The lowest BCUT2D eigenvalue weighted by atomic mass is 9.95. The SMILES string of the molecule is CCN(CC)Cc1ccc(CNC(=O)N2CCC(C(=O)N3CCOCC3)CC2)cc1. The number of benzene rings is 1. The van der Waals surface area contributed by atoms with Crippen LogP contribution in [0.25, 0.3) is 0 Å². The Morgan fingerprint density at radius 3 is 2.17 bits per heavy atom. The monoisotopic (exact) mass is 416 g/mol. The standard InChI is InChI=1S/C23H36N4O3/c1-3-25(4-2)18-20-7-5-19(6-8-20)17-24-23(29)27-11-9-21(10-12-27)22(28)26-13-15-30-16-14-26/h5-8,21H,3-4,9-18H2,1-2H3,(H,24,29). The van der Waals surface area contributed by atoms with E-state index < -0.39 is 0 Å². The number of carbonyl (C=O) groups excluding carboxylic acids is 2. The maximum atomic E-state index is 12.6. The Balaban J connectivity index is 1.40. The highest BCUT2D eigenvalue weighted by atomic mass is 16.5. The third-order valence-electron chi connectivity index (χ3n) is 6.22. The molecule has 7 heteroatoms. The summed E-state index contributed by atoms with van der Waals surface area (Å²) < 4.78 is 5.33. The van der Waals surface area contributed by atoms with Crippen molar-refractivity contribution in [2.45, 2.75) is 39.8 Å². The number of ether oxygens (including phenoxy) is 1. The minimum Gasteiger partial charge on any atom is -0.378 e. The summed E-state index contributed by atoms with van der Waals surface area (Å²) in [6, 6.07) is 8.42. The second-order valence-corrected chi connectivity index (χ2v) is 8.14. The van der Waals surface area contributed by atoms with Crippen LogP contribution in [0.4, 0.5) is 4.79 Å². The maximum Gasteiger partial charge on any atom is 0.317 e. The molecule has 166 valence electrons. The Morgan fingerprint density at radius 2 is 1.57 bits per heavy atom. The van der Waals surface area contributed by atoms with E-state index in [1.165, 1.54) is 5.56 Å². The Kier molecular flexibility index (Phi) is 8.51. The van der Waals surface area contributed by atoms with Crippen LogP contribution in [0.5, 0.6) is 0 Å². The number of hydrogen-bond acceptors (Lipinski definition) is 4. The highest BCUT2D eigenvalue weighted by Crippen LogP contribution is 2.20. The van der Waals surface area contributed by atoms with Gasteiger partial charge >= 0.3 is 6.03 Å². The van der Waals surface area contributed by atoms with E-state index in [-0.39, 0.29) is 17.9 Å². The number of urea groups is 1. The van der Waals surface area contributed by atoms with Gasteiger partial charge in [-0.25, -0.2) is 4.79 Å². The molecule has 1 aromatic rings. The van der Waals surface area contributed by atoms with E-state index in [2.05, 4.69) is 48.3 Å². The number of hydrogen-bond donors (Lipinski definition) is 1. The number of amides is 3. The van der Waals surface area contributed by atoms with Gasteiger partial charge in [-0.3, -0.25) is 9.69 Å². The molecule has 2 aliphatic rings. The first-order valence-electron chi connectivity index (χ1n) is 11.3. The number of rotatable bonds is 7. The molecule has 0 saturated carbocycles. The highest BCUT2D eigenvalue weighted by Gasteiger charge is 2.30. The Labute approximate surface area is 180 Å². The number of likely N-dealkylation sites (tertiary alicyclic amines) is 1. The van der Waals surface area contributed by atoms with Gasteiger partial charge in [-0.2, -0.15) is 0 Å². The summed E-state index contributed by atoms with van der Waals surface area (Å²) in [5.41, 5.74) is 2.39. The van der Waals surface area contributed by atoms with Crippen molar-refractivity contribution in [1.82, 2.24) is 20.0 Å². The second-order valence-electron chi connectivity index (χ2n) is 8.14. The van der Waals surface area contributed by atoms with Crippen LogP contribution in [-0.4, -0.2) is 79.1 Å². The topological polar surface area (TPSA) is 65.1 Å². The molecular formula is C23H36N4O3. The lowest BCUT2D eigenvalue weighted by Gasteiger charge is -2.35. The molecule has 0 spiro atoms. The Morgan fingerprint density at radius 1 is 0.967 bits per heavy atom. The molecule has 7 nitrogen and oxygen atoms in total. The van der Waals surface area contributed by atoms with Gasteiger partial charge in [-0.05, 0) is 37.1 Å². The predicted molar refractivity (Wildman–Crippen MR) is 117 cm³/mol. The fourth-order valence-corrected chi connectivity index (χ4v) is 4.13. The highest BCUT2D eigenvalue weighted by molar-refractivity contribution is 5.80. The molecule has 1 N–H and O–H groups in total. The lowest BCUT2D eigenvalue weighted by molar-refractivity contribution is -0.141. The lowest BCUT2D eigenvalue weighted by Crippen LogP contribution is -2.49. The summed E-state index contributed by atoms with van der Waals surface area (Å²) in [7, 11) is 0. The molecule has 3 amide bonds. The zero-order chi connectivity index (χ0) is 21.3. The fourth-order valence-electron chi connectivity index (χ4n) is 4.13. The van der Waals surface area contributed by atoms with Crippen molar-refractivity contribution in [3.8, 4) is 0 Å². The third kappa shape index (κ3) is 6.19. The quantitative estimate of drug-likeness (QED) is 0.741. The van der Waals surface area contributed by atoms with E-state index in [4.69, 9.17) is 4.74 Å². The number of nitrogens with one attached hydrogen (secondary N) is 1. The van der Waals surface area contributed by atoms with Gasteiger partial charge in [-0.15, -0.1) is 0 Å². The number of piperidine rings is 1. The van der Waals surface area contributed by atoms with Crippen LogP contribution in [0, 0.1) is 5.92 Å². The van der Waals surface area contributed by atoms with Crippen molar-refractivity contribution in [3.05, 3.63) is 35.4 Å². The van der Waals surface area contributed by atoms with Crippen LogP contribution in [0.3, 0.4) is 0 Å². The van der Waals surface area contributed by atoms with Crippen molar-refractivity contribution in [2.24, 2.45) is 5.92 Å². The summed E-state index contributed by atoms with van der Waals surface area (Å²) >= 11 is 0. The predicted octanol–water partition coefficient (Wildman–Crippen LogP) is 2.31. The van der Waals surface area contributed by atoms with E-state index >= 15 is 0 Å². The van der Waals surface area contributed by atoms with Crippen LogP contribution in [0.1, 0.15) is 37.8 Å². The minimum absolute atomic E-state index is 0.0329. The third-order valence-corrected chi connectivity index (χ3v) is 6.22. The number of nitrogens with zero attached hydrogens (tertiary/aromatic N) is 3. The molecule has 3 rings (SSSR count). The summed E-state index contributed by atoms with van der Waals surface area (Å²) in [5.74, 6) is 0.258. The first-order valence-corrected chi connectivity index (χ1v) is 11.3. The van der Waals surface area contributed by atoms with Gasteiger partial charge in [-0.1, -0.05) is 38.1 Å². The molecule has 0 atom stereocenters. The first kappa shape index (κ1) is 22.6. The van der Waals surface area contributed by atoms with Crippen LogP contribution < -0.4 is 5.32 Å². The molecular weight excluding hydrogens is 380 g/mol. The van der Waals surface area contributed by atoms with E-state index in [0.29, 0.717) is 45.9 Å². The Bertz CT molecular complexity index is 676. The van der Waals surface area contributed by atoms with E-state index in [0.717, 1.165) is 38.0 Å². The van der Waals surface area contributed by atoms with Crippen LogP contribution >= 0.6 is 0 Å². The summed E-state index contributed by atoms with van der Waals surface area (Å²) in [5, 5.41) is 3.02. The van der Waals surface area contributed by atoms with E-state index in [1.807, 2.05) is 9.80 Å². The maximum absolute atomic E-state index is 12.6. The van der Waals surface area contributed by atoms with Crippen molar-refractivity contribution < 1.29 is 14.3 Å². The first-order chi connectivity index (χ1) is 14.6. The van der Waals surface area contributed by atoms with E-state index in [1.54, 1.807) is 0 Å². The Hall–Kier alpha value is -2.12. The zero-order valence-corrected chi connectivity index (χ0v) is 18.4. The van der Waals surface area contributed by atoms with Gasteiger partial charge in [0.1, 0.15) is 0 Å². The van der Waals surface area contributed by atoms with Crippen molar-refractivity contribution in [1.29, 1.82) is 0 Å². The van der Waals surface area contributed by atoms with Crippen molar-refractivity contribution in [2.75, 3.05) is 52.5 Å². The molecule has 0 bridgehead atoms. The zero-order valence-electron chi connectivity index (χ0n) is 18.4. The molecule has 0 aromatic heterocycles. The largest absolute Gasteiger partial charge is 0.378 e. The summed E-state index contributed by atoms with van der Waals surface area (Å²) in [6.07, 6.45) is 1.48. The number of morpholine rings is 1. The second kappa shape index (κ2) is 11.3. The molecule has 2 heterocycles. The molecule has 0 radical (unpaired) electrons. The summed E-state index contributed by atoms with van der Waals surface area (Å²) in [6.45, 7) is 11.8. The van der Waals surface area contributed by atoms with Gasteiger partial charge in [0.2, 0.25) is 5.91 Å². The minimum atomic E-state index is -0.0421. The van der Waals surface area contributed by atoms with Crippen molar-refractivity contribution in [3.63, 3.8) is 0 Å². The summed E-state index contributed by atoms with van der Waals surface area (Å²) in [4.78, 5) is 31.3. The van der Waals surface area contributed by atoms with Crippen molar-refractivity contribution >= 4 is 11.9 Å². The van der Waals surface area contributed by atoms with Gasteiger partial charge < -0.3 is 19.9 Å². The molecule has 2 fully saturated rings. The fraction of sp³-hybridized carbons (Fsp3) is 0.652. The van der Waals surface area contributed by atoms with Crippen LogP contribution in [-0.2, 0) is 22.6 Å². The smallest absolute Gasteiger partial charge is 0.317 e. The normalized spacial score (nSPS) is 18.0. The van der Waals surface area contributed by atoms with Gasteiger partial charge in [0.15, 0.2) is 0 Å². The molecule has 0 aliphatic carbocycles. The van der Waals surface area contributed by atoms with Crippen LogP contribution in [0.2, 0.25) is 0 Å². The average Bonchev–Trinajstić information content (AvgIpc) is 2.82. The van der Waals surface area contributed by atoms with Gasteiger partial charge in [0.05, 0.1) is 13.2 Å². The van der Waals surface area contributed by atoms with Crippen LogP contribution in [0.15, 0.2) is 24.3 Å². The molecule has 2 saturated heterocycles. The molecule has 30 heavy (non-hydrogen) atoms. The van der Waals surface area contributed by atoms with E-state index in [9.17, 15) is 9.59 Å². The molecule has 1 aromatic carbocycles. The molecule has 0 unspecified atom stereocenters. The van der Waals surface area contributed by atoms with Gasteiger partial charge in [0, 0.05) is 45.2 Å². The van der Waals surface area contributed by atoms with Gasteiger partial charge in [0.25, 0.3) is 0 Å². The molecule has 2 aliphatic heterocycles. The average molecular weight is 417 g/mol.